The van der Waals surface area contributed by atoms with E-state index < -0.39 is 0 Å². The number of nitrogens with two attached hydrogens (primary N) is 1. The van der Waals surface area contributed by atoms with Crippen LogP contribution in [0.15, 0.2) is 18.2 Å². The van der Waals surface area contributed by atoms with Crippen molar-refractivity contribution in [3.8, 4) is 0 Å². The van der Waals surface area contributed by atoms with Gasteiger partial charge in [-0.1, -0.05) is 31.4 Å². The SMILES string of the molecule is CC.I.[B]c1ccc(C=N)c(N)c1.[HH]. The van der Waals surface area contributed by atoms with Gasteiger partial charge in [0.15, 0.2) is 0 Å². The molecule has 1 aromatic carbocycles. The van der Waals surface area contributed by atoms with Crippen molar-refractivity contribution in [3.05, 3.63) is 23.8 Å². The molecule has 0 amide bonds. The number of rotatable bonds is 1. The lowest BCUT2D eigenvalue weighted by Crippen LogP contribution is -2.04. The summed E-state index contributed by atoms with van der Waals surface area (Å²) in [4.78, 5) is 0. The maximum absolute atomic E-state index is 6.91. The Morgan fingerprint density at radius 2 is 2.00 bits per heavy atom. The first-order valence-corrected chi connectivity index (χ1v) is 3.89. The topological polar surface area (TPSA) is 49.9 Å². The highest BCUT2D eigenvalue weighted by atomic mass is 127. The molecule has 72 valence electrons. The van der Waals surface area contributed by atoms with Crippen LogP contribution in [-0.2, 0) is 0 Å². The van der Waals surface area contributed by atoms with E-state index in [4.69, 9.17) is 19.0 Å². The molecule has 2 radical (unpaired) electrons. The summed E-state index contributed by atoms with van der Waals surface area (Å²) in [5, 5.41) is 6.91. The van der Waals surface area contributed by atoms with Gasteiger partial charge in [-0.25, -0.2) is 0 Å². The minimum absolute atomic E-state index is 0. The highest BCUT2D eigenvalue weighted by Crippen LogP contribution is 2.04. The lowest BCUT2D eigenvalue weighted by atomic mass is 9.94. The second kappa shape index (κ2) is 8.10. The number of hydrogen-bond acceptors (Lipinski definition) is 2. The van der Waals surface area contributed by atoms with Crippen LogP contribution in [-0.4, -0.2) is 14.1 Å². The van der Waals surface area contributed by atoms with E-state index >= 15 is 0 Å². The van der Waals surface area contributed by atoms with Gasteiger partial charge >= 0.3 is 0 Å². The quantitative estimate of drug-likeness (QED) is 0.353. The van der Waals surface area contributed by atoms with Crippen molar-refractivity contribution >= 4 is 49.2 Å². The molecule has 0 aliphatic heterocycles. The van der Waals surface area contributed by atoms with Gasteiger partial charge in [0.1, 0.15) is 7.85 Å². The van der Waals surface area contributed by atoms with E-state index in [1.807, 2.05) is 13.8 Å². The third-order valence-electron chi connectivity index (χ3n) is 1.27. The molecule has 0 atom stereocenters. The molecular formula is C9H16BIN2. The molecular weight excluding hydrogens is 274 g/mol. The van der Waals surface area contributed by atoms with Crippen LogP contribution in [0.25, 0.3) is 0 Å². The van der Waals surface area contributed by atoms with Gasteiger partial charge in [0.05, 0.1) is 0 Å². The van der Waals surface area contributed by atoms with Gasteiger partial charge in [-0.05, 0) is 6.07 Å². The first-order valence-electron chi connectivity index (χ1n) is 3.89. The molecule has 0 aliphatic carbocycles. The summed E-state index contributed by atoms with van der Waals surface area (Å²) in [6.45, 7) is 4.00. The van der Waals surface area contributed by atoms with Crippen molar-refractivity contribution in [3.63, 3.8) is 0 Å². The van der Waals surface area contributed by atoms with Gasteiger partial charge in [-0.2, -0.15) is 0 Å². The van der Waals surface area contributed by atoms with Crippen LogP contribution in [0.3, 0.4) is 0 Å². The predicted octanol–water partition coefficient (Wildman–Crippen LogP) is 1.95. The maximum atomic E-state index is 6.91. The summed E-state index contributed by atoms with van der Waals surface area (Å²) in [5.41, 5.74) is 7.38. The molecule has 0 saturated carbocycles. The average molecular weight is 290 g/mol. The van der Waals surface area contributed by atoms with Crippen molar-refractivity contribution in [2.45, 2.75) is 13.8 Å². The number of benzene rings is 1. The fraction of sp³-hybridized carbons (Fsp3) is 0.222. The Bertz CT molecular complexity index is 269. The van der Waals surface area contributed by atoms with Crippen LogP contribution in [0.5, 0.6) is 0 Å². The molecule has 1 rings (SSSR count). The first-order chi connectivity index (χ1) is 5.74. The summed E-state index contributed by atoms with van der Waals surface area (Å²) < 4.78 is 0. The summed E-state index contributed by atoms with van der Waals surface area (Å²) in [7, 11) is 5.43. The highest BCUT2D eigenvalue weighted by molar-refractivity contribution is 14.0. The van der Waals surface area contributed by atoms with E-state index in [1.165, 1.54) is 6.21 Å². The Hall–Kier alpha value is -0.515. The summed E-state index contributed by atoms with van der Waals surface area (Å²) in [5.74, 6) is 0. The van der Waals surface area contributed by atoms with E-state index in [0.29, 0.717) is 16.7 Å². The standard InChI is InChI=1S/C7H7BN2.C2H6.HI.H2/c8-6-2-1-5(4-9)7(10)3-6;1-2;;/h1-4,9H,10H2;1-2H3;2*1H. The number of anilines is 1. The van der Waals surface area contributed by atoms with Crippen LogP contribution in [0.2, 0.25) is 0 Å². The number of nitrogens with one attached hydrogen (secondary N) is 1. The third-order valence-corrected chi connectivity index (χ3v) is 1.27. The highest BCUT2D eigenvalue weighted by Gasteiger charge is 1.92. The Morgan fingerprint density at radius 1 is 1.46 bits per heavy atom. The largest absolute Gasteiger partial charge is 0.398 e. The molecule has 0 unspecified atom stereocenters. The Labute approximate surface area is 99.3 Å². The van der Waals surface area contributed by atoms with Crippen molar-refractivity contribution in [1.29, 1.82) is 5.41 Å². The Morgan fingerprint density at radius 3 is 2.38 bits per heavy atom. The summed E-state index contributed by atoms with van der Waals surface area (Å²) in [6.07, 6.45) is 1.20. The smallest absolute Gasteiger partial charge is 0.113 e. The second-order valence-corrected chi connectivity index (χ2v) is 2.03. The molecule has 0 bridgehead atoms. The van der Waals surface area contributed by atoms with Crippen molar-refractivity contribution in [2.24, 2.45) is 0 Å². The normalized spacial score (nSPS) is 7.54. The molecule has 4 heteroatoms. The van der Waals surface area contributed by atoms with Crippen molar-refractivity contribution < 1.29 is 1.43 Å². The van der Waals surface area contributed by atoms with Gasteiger partial charge in [0.25, 0.3) is 0 Å². The predicted molar refractivity (Wildman–Crippen MR) is 73.0 cm³/mol. The van der Waals surface area contributed by atoms with Crippen LogP contribution in [0.4, 0.5) is 5.69 Å². The number of halogens is 1. The van der Waals surface area contributed by atoms with Gasteiger partial charge in [0.2, 0.25) is 0 Å². The van der Waals surface area contributed by atoms with Crippen LogP contribution < -0.4 is 11.2 Å². The average Bonchev–Trinajstić information content (AvgIpc) is 2.08. The zero-order valence-corrected chi connectivity index (χ0v) is 10.2. The van der Waals surface area contributed by atoms with Gasteiger partial charge < -0.3 is 11.1 Å². The molecule has 0 aromatic heterocycles. The minimum atomic E-state index is 0. The zero-order chi connectivity index (χ0) is 9.56. The van der Waals surface area contributed by atoms with Crippen LogP contribution >= 0.6 is 24.0 Å². The maximum Gasteiger partial charge on any atom is 0.113 e. The van der Waals surface area contributed by atoms with E-state index in [0.717, 1.165) is 0 Å². The van der Waals surface area contributed by atoms with E-state index in [9.17, 15) is 0 Å². The van der Waals surface area contributed by atoms with Gasteiger partial charge in [0, 0.05) is 18.9 Å². The first kappa shape index (κ1) is 15.0. The molecule has 3 N–H and O–H groups in total. The van der Waals surface area contributed by atoms with E-state index in [2.05, 4.69) is 0 Å². The van der Waals surface area contributed by atoms with Crippen LogP contribution in [0.1, 0.15) is 20.8 Å². The molecule has 0 saturated heterocycles. The Balaban J connectivity index is -0.000000284. The fourth-order valence-electron chi connectivity index (χ4n) is 0.725. The Kier molecular flexibility index (Phi) is 9.33. The lowest BCUT2D eigenvalue weighted by molar-refractivity contribution is 1.50. The van der Waals surface area contributed by atoms with Crippen molar-refractivity contribution in [1.82, 2.24) is 0 Å². The van der Waals surface area contributed by atoms with E-state index in [1.54, 1.807) is 18.2 Å². The van der Waals surface area contributed by atoms with E-state index in [-0.39, 0.29) is 25.4 Å². The molecule has 0 aliphatic rings. The molecule has 0 spiro atoms. The summed E-state index contributed by atoms with van der Waals surface area (Å²) >= 11 is 0. The summed E-state index contributed by atoms with van der Waals surface area (Å²) in [6, 6.07) is 5.08. The zero-order valence-electron chi connectivity index (χ0n) is 7.87. The fourth-order valence-corrected chi connectivity index (χ4v) is 0.725. The van der Waals surface area contributed by atoms with Gasteiger partial charge in [-0.3, -0.25) is 0 Å². The van der Waals surface area contributed by atoms with Crippen molar-refractivity contribution in [2.75, 3.05) is 5.73 Å². The lowest BCUT2D eigenvalue weighted by Gasteiger charge is -1.99. The molecule has 2 nitrogen and oxygen atoms in total. The molecule has 13 heavy (non-hydrogen) atoms. The third kappa shape index (κ3) is 4.92. The number of nitrogen functional groups attached to an aromatic ring is 1. The monoisotopic (exact) mass is 290 g/mol. The molecule has 0 heterocycles. The second-order valence-electron chi connectivity index (χ2n) is 2.03. The van der Waals surface area contributed by atoms with Crippen LogP contribution in [0, 0.1) is 5.41 Å². The molecule has 0 fully saturated rings. The minimum Gasteiger partial charge on any atom is -0.398 e. The van der Waals surface area contributed by atoms with Gasteiger partial charge in [-0.15, -0.1) is 24.0 Å². The number of hydrogen-bond donors (Lipinski definition) is 2. The molecule has 1 aromatic rings.